The second-order valence-corrected chi connectivity index (χ2v) is 13.6. The summed E-state index contributed by atoms with van der Waals surface area (Å²) in [5.74, 6) is 0.117. The quantitative estimate of drug-likeness (QED) is 0.171. The van der Waals surface area contributed by atoms with Gasteiger partial charge in [0.2, 0.25) is 5.91 Å². The van der Waals surface area contributed by atoms with Gasteiger partial charge in [-0.1, -0.05) is 84.9 Å². The molecule has 10 nitrogen and oxygen atoms in total. The number of benzene rings is 4. The molecule has 0 radical (unpaired) electrons. The summed E-state index contributed by atoms with van der Waals surface area (Å²) >= 11 is 0. The number of likely N-dealkylation sites (tertiary alicyclic amines) is 1. The Labute approximate surface area is 299 Å². The van der Waals surface area contributed by atoms with E-state index in [1.807, 2.05) is 61.5 Å². The molecule has 0 aromatic heterocycles. The Hall–Kier alpha value is -4.74. The number of amides is 3. The van der Waals surface area contributed by atoms with Gasteiger partial charge in [0.25, 0.3) is 0 Å². The van der Waals surface area contributed by atoms with Crippen LogP contribution in [-0.2, 0) is 27.4 Å². The number of nitrogens with zero attached hydrogens (tertiary/aromatic N) is 2. The summed E-state index contributed by atoms with van der Waals surface area (Å²) in [6.45, 7) is 5.78. The molecule has 0 bridgehead atoms. The fourth-order valence-corrected chi connectivity index (χ4v) is 7.56. The highest BCUT2D eigenvalue weighted by atomic mass is 16.7. The number of para-hydroxylation sites is 1. The van der Waals surface area contributed by atoms with Gasteiger partial charge in [-0.3, -0.25) is 4.79 Å². The smallest absolute Gasteiger partial charge is 0.315 e. The third-order valence-electron chi connectivity index (χ3n) is 10.4. The van der Waals surface area contributed by atoms with Crippen molar-refractivity contribution in [3.63, 3.8) is 0 Å². The molecule has 51 heavy (non-hydrogen) atoms. The summed E-state index contributed by atoms with van der Waals surface area (Å²) in [7, 11) is 0. The number of urea groups is 1. The Balaban J connectivity index is 1.05. The molecule has 7 rings (SSSR count). The predicted octanol–water partition coefficient (Wildman–Crippen LogP) is 5.64. The monoisotopic (exact) mass is 689 g/mol. The van der Waals surface area contributed by atoms with E-state index in [0.717, 1.165) is 71.5 Å². The van der Waals surface area contributed by atoms with Crippen LogP contribution in [-0.4, -0.2) is 66.4 Å². The molecule has 3 saturated heterocycles. The van der Waals surface area contributed by atoms with E-state index in [1.54, 1.807) is 0 Å². The molecule has 0 unspecified atom stereocenters. The molecule has 1 spiro atoms. The second kappa shape index (κ2) is 15.7. The first kappa shape index (κ1) is 34.7. The average Bonchev–Trinajstić information content (AvgIpc) is 3.49. The highest BCUT2D eigenvalue weighted by Crippen LogP contribution is 2.40. The Bertz CT molecular complexity index is 1780. The van der Waals surface area contributed by atoms with E-state index in [-0.39, 0.29) is 30.8 Å². The van der Waals surface area contributed by atoms with Gasteiger partial charge in [0, 0.05) is 50.4 Å². The molecule has 10 heteroatoms. The lowest BCUT2D eigenvalue weighted by Crippen LogP contribution is -2.57. The van der Waals surface area contributed by atoms with Crippen LogP contribution in [0.1, 0.15) is 60.8 Å². The third kappa shape index (κ3) is 7.79. The minimum absolute atomic E-state index is 0.00367. The molecular formula is C41H47N5O5. The maximum atomic E-state index is 13.2. The number of aliphatic hydroxyl groups excluding tert-OH is 1. The number of nitrogens with one attached hydrogen (secondary N) is 3. The van der Waals surface area contributed by atoms with Crippen molar-refractivity contribution in [1.82, 2.24) is 20.9 Å². The minimum Gasteiger partial charge on any atom is -0.392 e. The Morgan fingerprint density at radius 3 is 2.33 bits per heavy atom. The number of rotatable bonds is 10. The highest BCUT2D eigenvalue weighted by molar-refractivity contribution is 5.93. The second-order valence-electron chi connectivity index (χ2n) is 13.6. The Morgan fingerprint density at radius 2 is 1.61 bits per heavy atom. The van der Waals surface area contributed by atoms with Crippen LogP contribution >= 0.6 is 0 Å². The van der Waals surface area contributed by atoms with Crippen LogP contribution in [0, 0.1) is 0 Å². The largest absolute Gasteiger partial charge is 0.392 e. The zero-order valence-corrected chi connectivity index (χ0v) is 29.1. The van der Waals surface area contributed by atoms with Gasteiger partial charge >= 0.3 is 6.03 Å². The summed E-state index contributed by atoms with van der Waals surface area (Å²) in [5, 5.41) is 18.4. The van der Waals surface area contributed by atoms with Gasteiger partial charge in [0.05, 0.1) is 25.5 Å². The molecular weight excluding hydrogens is 642 g/mol. The zero-order valence-electron chi connectivity index (χ0n) is 29.1. The topological polar surface area (TPSA) is 115 Å². The molecule has 4 N–H and O–H groups in total. The highest BCUT2D eigenvalue weighted by Gasteiger charge is 2.50. The first-order valence-electron chi connectivity index (χ1n) is 18.0. The van der Waals surface area contributed by atoms with E-state index in [9.17, 15) is 14.7 Å². The number of piperidine rings is 1. The molecule has 3 fully saturated rings. The van der Waals surface area contributed by atoms with E-state index < -0.39 is 11.8 Å². The number of hydrogen-bond donors (Lipinski definition) is 4. The molecule has 3 atom stereocenters. The van der Waals surface area contributed by atoms with Crippen molar-refractivity contribution in [2.24, 2.45) is 0 Å². The molecule has 3 aliphatic rings. The number of anilines is 1. The van der Waals surface area contributed by atoms with Crippen molar-refractivity contribution >= 4 is 17.6 Å². The van der Waals surface area contributed by atoms with Crippen molar-refractivity contribution in [2.45, 2.75) is 63.4 Å². The van der Waals surface area contributed by atoms with Crippen LogP contribution < -0.4 is 20.9 Å². The molecule has 266 valence electrons. The predicted molar refractivity (Wildman–Crippen MR) is 197 cm³/mol. The zero-order chi connectivity index (χ0) is 35.2. The Morgan fingerprint density at radius 1 is 0.863 bits per heavy atom. The first-order valence-corrected chi connectivity index (χ1v) is 18.0. The molecule has 4 aromatic rings. The lowest BCUT2D eigenvalue weighted by Gasteiger charge is -2.45. The number of aliphatic hydroxyl groups is 1. The normalized spacial score (nSPS) is 21.7. The van der Waals surface area contributed by atoms with Gasteiger partial charge in [-0.2, -0.15) is 0 Å². The maximum absolute atomic E-state index is 13.2. The molecule has 4 aromatic carbocycles. The fourth-order valence-electron chi connectivity index (χ4n) is 7.56. The summed E-state index contributed by atoms with van der Waals surface area (Å²) in [4.78, 5) is 29.8. The molecule has 0 saturated carbocycles. The van der Waals surface area contributed by atoms with Gasteiger partial charge in [-0.25, -0.2) is 4.79 Å². The van der Waals surface area contributed by atoms with Gasteiger partial charge in [0.15, 0.2) is 6.29 Å². The van der Waals surface area contributed by atoms with E-state index in [0.29, 0.717) is 26.2 Å². The van der Waals surface area contributed by atoms with Crippen molar-refractivity contribution in [1.29, 1.82) is 0 Å². The molecule has 3 heterocycles. The van der Waals surface area contributed by atoms with Crippen molar-refractivity contribution < 1.29 is 24.2 Å². The van der Waals surface area contributed by atoms with Gasteiger partial charge < -0.3 is 40.3 Å². The first-order chi connectivity index (χ1) is 24.9. The van der Waals surface area contributed by atoms with Crippen LogP contribution in [0.5, 0.6) is 0 Å². The summed E-state index contributed by atoms with van der Waals surface area (Å²) < 4.78 is 13.3. The number of carbonyl (C=O) groups is 2. The number of ether oxygens (including phenoxy) is 2. The van der Waals surface area contributed by atoms with Gasteiger partial charge in [0.1, 0.15) is 5.54 Å². The van der Waals surface area contributed by atoms with Crippen LogP contribution in [0.15, 0.2) is 103 Å². The molecule has 3 aliphatic heterocycles. The van der Waals surface area contributed by atoms with Crippen molar-refractivity contribution in [3.8, 4) is 11.1 Å². The SMILES string of the molecule is CCNC(=O)NCc1cccc(-c2ccc([C@@H]3O[C@H](CN4CCC5(CC4)C(=O)NCN5c4ccccc4)C[C@H](c4ccc(CO)cc4)O3)cc2)c1. The van der Waals surface area contributed by atoms with E-state index in [2.05, 4.69) is 74.3 Å². The Kier molecular flexibility index (Phi) is 10.6. The van der Waals surface area contributed by atoms with Crippen LogP contribution in [0.4, 0.5) is 10.5 Å². The fraction of sp³-hybridized carbons (Fsp3) is 0.366. The minimum atomic E-state index is -0.557. The van der Waals surface area contributed by atoms with Crippen LogP contribution in [0.3, 0.4) is 0 Å². The van der Waals surface area contributed by atoms with E-state index in [1.165, 1.54) is 0 Å². The summed E-state index contributed by atoms with van der Waals surface area (Å²) in [6.07, 6.45) is 1.37. The molecule has 0 aliphatic carbocycles. The van der Waals surface area contributed by atoms with Gasteiger partial charge in [-0.15, -0.1) is 0 Å². The average molecular weight is 690 g/mol. The molecule has 3 amide bonds. The summed E-state index contributed by atoms with van der Waals surface area (Å²) in [6, 6.07) is 34.5. The third-order valence-corrected chi connectivity index (χ3v) is 10.4. The lowest BCUT2D eigenvalue weighted by atomic mass is 9.85. The van der Waals surface area contributed by atoms with Gasteiger partial charge in [-0.05, 0) is 65.8 Å². The summed E-state index contributed by atoms with van der Waals surface area (Å²) in [5.41, 5.74) is 6.53. The van der Waals surface area contributed by atoms with E-state index in [4.69, 9.17) is 9.47 Å². The lowest BCUT2D eigenvalue weighted by molar-refractivity contribution is -0.253. The van der Waals surface area contributed by atoms with Crippen LogP contribution in [0.25, 0.3) is 11.1 Å². The maximum Gasteiger partial charge on any atom is 0.315 e. The van der Waals surface area contributed by atoms with Crippen LogP contribution in [0.2, 0.25) is 0 Å². The number of hydrogen-bond acceptors (Lipinski definition) is 7. The van der Waals surface area contributed by atoms with E-state index >= 15 is 0 Å². The van der Waals surface area contributed by atoms with Crippen molar-refractivity contribution in [3.05, 3.63) is 125 Å². The number of carbonyl (C=O) groups excluding carboxylic acids is 2. The van der Waals surface area contributed by atoms with Crippen molar-refractivity contribution in [2.75, 3.05) is 37.7 Å². The standard InChI is InChI=1S/C41H47N5O5/c1-2-42-40(49)43-25-30-7-6-8-34(23-30)31-15-17-33(18-16-31)38-50-36(24-37(51-38)32-13-11-29(27-47)12-14-32)26-45-21-19-41(20-22-45)39(48)44-28-46(41)35-9-4-3-5-10-35/h3-18,23,36-38,47H,2,19-22,24-28H2,1H3,(H,44,48)(H2,42,43,49)/t36-,37+,38+/m0/s1.